The van der Waals surface area contributed by atoms with Crippen LogP contribution in [0, 0.1) is 6.92 Å². The third-order valence-corrected chi connectivity index (χ3v) is 4.52. The molecule has 0 radical (unpaired) electrons. The second-order valence-corrected chi connectivity index (χ2v) is 6.58. The number of hydrogen-bond donors (Lipinski definition) is 2. The van der Waals surface area contributed by atoms with Crippen molar-refractivity contribution in [2.45, 2.75) is 33.0 Å². The molecule has 0 aliphatic carbocycles. The molecule has 10 nitrogen and oxygen atoms in total. The Kier molecular flexibility index (Phi) is 8.41. The molecule has 0 spiro atoms. The van der Waals surface area contributed by atoms with Gasteiger partial charge in [-0.2, -0.15) is 4.98 Å². The van der Waals surface area contributed by atoms with Gasteiger partial charge in [0.25, 0.3) is 6.47 Å². The summed E-state index contributed by atoms with van der Waals surface area (Å²) in [5.41, 5.74) is 2.48. The number of anilines is 1. The van der Waals surface area contributed by atoms with Crippen LogP contribution in [0.2, 0.25) is 0 Å². The van der Waals surface area contributed by atoms with Crippen LogP contribution in [0.25, 0.3) is 0 Å². The first kappa shape index (κ1) is 22.2. The van der Waals surface area contributed by atoms with Gasteiger partial charge in [-0.15, -0.1) is 0 Å². The number of rotatable bonds is 5. The first-order valence-corrected chi connectivity index (χ1v) is 9.23. The highest BCUT2D eigenvalue weighted by atomic mass is 16.5. The SMILES string of the molecule is COCc1noc(CNC(=O)N2CCN(c3ccccc3C)CC2C)n1.O=CO. The zero-order chi connectivity index (χ0) is 21.2. The minimum absolute atomic E-state index is 0.107. The van der Waals surface area contributed by atoms with Gasteiger partial charge in [-0.3, -0.25) is 4.79 Å². The molecule has 1 unspecified atom stereocenters. The zero-order valence-corrected chi connectivity index (χ0v) is 16.9. The summed E-state index contributed by atoms with van der Waals surface area (Å²) in [5.74, 6) is 0.841. The second-order valence-electron chi connectivity index (χ2n) is 6.58. The third kappa shape index (κ3) is 6.18. The maximum Gasteiger partial charge on any atom is 0.318 e. The standard InChI is InChI=1S/C18H25N5O3.CH2O2/c1-13-6-4-5-7-15(13)22-8-9-23(14(2)11-22)18(24)19-10-17-20-16(12-25-3)21-26-17;2-1-3/h4-7,14H,8-12H2,1-3H3,(H,19,24);1H,(H,2,3). The fourth-order valence-corrected chi connectivity index (χ4v) is 3.20. The highest BCUT2D eigenvalue weighted by Gasteiger charge is 2.28. The molecule has 1 aromatic carbocycles. The van der Waals surface area contributed by atoms with Crippen molar-refractivity contribution < 1.29 is 24.0 Å². The number of aromatic nitrogens is 2. The monoisotopic (exact) mass is 405 g/mol. The van der Waals surface area contributed by atoms with Crippen LogP contribution in [-0.4, -0.2) is 65.4 Å². The zero-order valence-electron chi connectivity index (χ0n) is 16.9. The largest absolute Gasteiger partial charge is 0.483 e. The lowest BCUT2D eigenvalue weighted by Gasteiger charge is -2.41. The van der Waals surface area contributed by atoms with E-state index in [-0.39, 0.29) is 31.7 Å². The summed E-state index contributed by atoms with van der Waals surface area (Å²) in [6, 6.07) is 8.32. The number of methoxy groups -OCH3 is 1. The summed E-state index contributed by atoms with van der Waals surface area (Å²) in [4.78, 5) is 29.2. The predicted molar refractivity (Wildman–Crippen MR) is 105 cm³/mol. The van der Waals surface area contributed by atoms with Gasteiger partial charge in [0.2, 0.25) is 5.89 Å². The number of nitrogens with zero attached hydrogens (tertiary/aromatic N) is 4. The second kappa shape index (κ2) is 11.0. The van der Waals surface area contributed by atoms with Crippen LogP contribution in [0.15, 0.2) is 28.8 Å². The van der Waals surface area contributed by atoms with E-state index in [2.05, 4.69) is 46.3 Å². The van der Waals surface area contributed by atoms with Crippen LogP contribution in [0.4, 0.5) is 10.5 Å². The van der Waals surface area contributed by atoms with Gasteiger partial charge in [-0.05, 0) is 25.5 Å². The molecule has 1 aliphatic rings. The van der Waals surface area contributed by atoms with Crippen LogP contribution >= 0.6 is 0 Å². The van der Waals surface area contributed by atoms with E-state index >= 15 is 0 Å². The molecular formula is C19H27N5O5. The predicted octanol–water partition coefficient (Wildman–Crippen LogP) is 1.65. The van der Waals surface area contributed by atoms with Crippen molar-refractivity contribution in [3.63, 3.8) is 0 Å². The smallest absolute Gasteiger partial charge is 0.318 e. The maximum atomic E-state index is 12.5. The fourth-order valence-electron chi connectivity index (χ4n) is 3.20. The van der Waals surface area contributed by atoms with Gasteiger partial charge in [-0.25, -0.2) is 4.79 Å². The topological polar surface area (TPSA) is 121 Å². The fraction of sp³-hybridized carbons (Fsp3) is 0.474. The Balaban J connectivity index is 0.000000941. The summed E-state index contributed by atoms with van der Waals surface area (Å²) >= 11 is 0. The van der Waals surface area contributed by atoms with Gasteiger partial charge in [0.05, 0.1) is 6.54 Å². The molecule has 1 aliphatic heterocycles. The Labute approximate surface area is 169 Å². The average molecular weight is 405 g/mol. The number of carbonyl (C=O) groups excluding carboxylic acids is 1. The molecule has 1 fully saturated rings. The van der Waals surface area contributed by atoms with E-state index in [1.165, 1.54) is 11.3 Å². The van der Waals surface area contributed by atoms with E-state index < -0.39 is 0 Å². The van der Waals surface area contributed by atoms with Gasteiger partial charge < -0.3 is 29.5 Å². The van der Waals surface area contributed by atoms with Crippen LogP contribution < -0.4 is 10.2 Å². The molecule has 2 amide bonds. The lowest BCUT2D eigenvalue weighted by atomic mass is 10.1. The maximum absolute atomic E-state index is 12.5. The Bertz CT molecular complexity index is 797. The van der Waals surface area contributed by atoms with E-state index in [1.54, 1.807) is 7.11 Å². The molecule has 158 valence electrons. The lowest BCUT2D eigenvalue weighted by Crippen LogP contribution is -2.56. The Morgan fingerprint density at radius 1 is 1.41 bits per heavy atom. The van der Waals surface area contributed by atoms with Crippen LogP contribution in [0.3, 0.4) is 0 Å². The number of piperazine rings is 1. The van der Waals surface area contributed by atoms with E-state index in [0.29, 0.717) is 18.3 Å². The number of para-hydroxylation sites is 1. The third-order valence-electron chi connectivity index (χ3n) is 4.52. The molecule has 29 heavy (non-hydrogen) atoms. The van der Waals surface area contributed by atoms with Crippen molar-refractivity contribution in [2.75, 3.05) is 31.6 Å². The summed E-state index contributed by atoms with van der Waals surface area (Å²) in [6.07, 6.45) is 0. The van der Waals surface area contributed by atoms with Gasteiger partial charge in [0, 0.05) is 38.5 Å². The number of amides is 2. The van der Waals surface area contributed by atoms with Gasteiger partial charge >= 0.3 is 6.03 Å². The number of ether oxygens (including phenoxy) is 1. The molecule has 1 saturated heterocycles. The number of benzene rings is 1. The van der Waals surface area contributed by atoms with Crippen molar-refractivity contribution in [3.8, 4) is 0 Å². The summed E-state index contributed by atoms with van der Waals surface area (Å²) < 4.78 is 10.0. The molecule has 2 N–H and O–H groups in total. The van der Waals surface area contributed by atoms with Crippen molar-refractivity contribution in [1.82, 2.24) is 20.4 Å². The Morgan fingerprint density at radius 3 is 2.79 bits per heavy atom. The van der Waals surface area contributed by atoms with E-state index in [0.717, 1.165) is 13.1 Å². The molecule has 3 rings (SSSR count). The summed E-state index contributed by atoms with van der Waals surface area (Å²) in [5, 5.41) is 13.5. The first-order valence-electron chi connectivity index (χ1n) is 9.23. The van der Waals surface area contributed by atoms with Gasteiger partial charge in [0.15, 0.2) is 5.82 Å². The molecule has 10 heteroatoms. The molecular weight excluding hydrogens is 378 g/mol. The number of aryl methyl sites for hydroxylation is 1. The molecule has 0 bridgehead atoms. The number of carbonyl (C=O) groups is 2. The quantitative estimate of drug-likeness (QED) is 0.720. The molecule has 2 heterocycles. The van der Waals surface area contributed by atoms with Crippen molar-refractivity contribution >= 4 is 18.2 Å². The van der Waals surface area contributed by atoms with Crippen LogP contribution in [-0.2, 0) is 22.7 Å². The van der Waals surface area contributed by atoms with E-state index in [9.17, 15) is 4.79 Å². The van der Waals surface area contributed by atoms with Gasteiger partial charge in [0.1, 0.15) is 6.61 Å². The number of urea groups is 1. The normalized spacial score (nSPS) is 16.0. The lowest BCUT2D eigenvalue weighted by molar-refractivity contribution is -0.122. The van der Waals surface area contributed by atoms with Crippen molar-refractivity contribution in [3.05, 3.63) is 41.5 Å². The van der Waals surface area contributed by atoms with Crippen LogP contribution in [0.5, 0.6) is 0 Å². The van der Waals surface area contributed by atoms with E-state index in [4.69, 9.17) is 19.2 Å². The van der Waals surface area contributed by atoms with Crippen molar-refractivity contribution in [2.24, 2.45) is 0 Å². The average Bonchev–Trinajstić information content (AvgIpc) is 3.15. The first-order chi connectivity index (χ1) is 14.0. The molecule has 0 saturated carbocycles. The highest BCUT2D eigenvalue weighted by molar-refractivity contribution is 5.75. The van der Waals surface area contributed by atoms with Crippen LogP contribution in [0.1, 0.15) is 24.2 Å². The van der Waals surface area contributed by atoms with Crippen molar-refractivity contribution in [1.29, 1.82) is 0 Å². The van der Waals surface area contributed by atoms with Gasteiger partial charge in [-0.1, -0.05) is 23.4 Å². The molecule has 2 aromatic rings. The highest BCUT2D eigenvalue weighted by Crippen LogP contribution is 2.22. The number of hydrogen-bond acceptors (Lipinski definition) is 7. The minimum Gasteiger partial charge on any atom is -0.483 e. The molecule has 1 aromatic heterocycles. The number of nitrogens with one attached hydrogen (secondary N) is 1. The summed E-state index contributed by atoms with van der Waals surface area (Å²) in [7, 11) is 1.57. The summed E-state index contributed by atoms with van der Waals surface area (Å²) in [6.45, 7) is 6.70. The Morgan fingerprint density at radius 2 is 2.14 bits per heavy atom. The Hall–Kier alpha value is -3.14. The molecule has 1 atom stereocenters. The minimum atomic E-state index is -0.250. The van der Waals surface area contributed by atoms with E-state index in [1.807, 2.05) is 17.0 Å². The number of carboxylic acid groups (broad SMARTS) is 1.